The Kier molecular flexibility index (Phi) is 3.48. The number of halogens is 2. The highest BCUT2D eigenvalue weighted by molar-refractivity contribution is 9.10. The summed E-state index contributed by atoms with van der Waals surface area (Å²) in [4.78, 5) is 12.0. The number of urea groups is 1. The Balaban J connectivity index is 1.60. The molecule has 0 aliphatic heterocycles. The normalized spacial score (nSPS) is 18.5. The summed E-state index contributed by atoms with van der Waals surface area (Å²) in [5.74, 6) is 0.997. The molecular formula is C14H16BrFN2O. The molecule has 2 aliphatic carbocycles. The Labute approximate surface area is 120 Å². The van der Waals surface area contributed by atoms with Gasteiger partial charge in [0.05, 0.1) is 5.69 Å². The number of hydrogen-bond donors (Lipinski definition) is 2. The van der Waals surface area contributed by atoms with Crippen molar-refractivity contribution in [2.45, 2.75) is 31.7 Å². The molecule has 0 radical (unpaired) electrons. The number of benzene rings is 1. The molecule has 0 heterocycles. The lowest BCUT2D eigenvalue weighted by atomic mass is 10.1. The minimum Gasteiger partial charge on any atom is -0.335 e. The van der Waals surface area contributed by atoms with Gasteiger partial charge in [0.15, 0.2) is 0 Å². The summed E-state index contributed by atoms with van der Waals surface area (Å²) in [6, 6.07) is 4.35. The molecule has 0 atom stereocenters. The Hall–Kier alpha value is -1.10. The van der Waals surface area contributed by atoms with Crippen LogP contribution in [-0.4, -0.2) is 12.1 Å². The van der Waals surface area contributed by atoms with E-state index in [9.17, 15) is 9.18 Å². The van der Waals surface area contributed by atoms with E-state index in [1.165, 1.54) is 37.8 Å². The highest BCUT2D eigenvalue weighted by atomic mass is 79.9. The van der Waals surface area contributed by atoms with E-state index in [4.69, 9.17) is 0 Å². The van der Waals surface area contributed by atoms with Gasteiger partial charge in [-0.05, 0) is 71.6 Å². The van der Waals surface area contributed by atoms with Gasteiger partial charge in [-0.25, -0.2) is 9.18 Å². The van der Waals surface area contributed by atoms with Gasteiger partial charge in [-0.3, -0.25) is 0 Å². The fourth-order valence-corrected chi connectivity index (χ4v) is 2.88. The zero-order chi connectivity index (χ0) is 13.4. The highest BCUT2D eigenvalue weighted by Crippen LogP contribution is 2.44. The summed E-state index contributed by atoms with van der Waals surface area (Å²) in [6.45, 7) is 0. The maximum atomic E-state index is 13.0. The van der Waals surface area contributed by atoms with Gasteiger partial charge >= 0.3 is 6.03 Å². The van der Waals surface area contributed by atoms with Crippen LogP contribution < -0.4 is 10.6 Å². The Bertz CT molecular complexity index is 488. The average Bonchev–Trinajstić information content (AvgIpc) is 3.24. The molecule has 2 saturated carbocycles. The van der Waals surface area contributed by atoms with Gasteiger partial charge in [0.2, 0.25) is 0 Å². The van der Waals surface area contributed by atoms with Crippen LogP contribution in [0.5, 0.6) is 0 Å². The second-order valence-corrected chi connectivity index (χ2v) is 6.28. The van der Waals surface area contributed by atoms with Crippen LogP contribution in [0.1, 0.15) is 25.7 Å². The Morgan fingerprint density at radius 3 is 2.42 bits per heavy atom. The molecule has 0 spiro atoms. The largest absolute Gasteiger partial charge is 0.335 e. The van der Waals surface area contributed by atoms with Gasteiger partial charge in [0.1, 0.15) is 5.82 Å². The maximum Gasteiger partial charge on any atom is 0.319 e. The number of rotatable bonds is 4. The third kappa shape index (κ3) is 3.26. The quantitative estimate of drug-likeness (QED) is 0.865. The average molecular weight is 327 g/mol. The van der Waals surface area contributed by atoms with Crippen molar-refractivity contribution in [1.82, 2.24) is 5.32 Å². The molecule has 2 aliphatic rings. The van der Waals surface area contributed by atoms with E-state index in [0.717, 1.165) is 0 Å². The number of anilines is 1. The summed E-state index contributed by atoms with van der Waals surface area (Å²) in [5.41, 5.74) is 0.587. The van der Waals surface area contributed by atoms with Crippen molar-refractivity contribution in [2.75, 3.05) is 5.32 Å². The van der Waals surface area contributed by atoms with E-state index in [2.05, 4.69) is 26.6 Å². The zero-order valence-corrected chi connectivity index (χ0v) is 12.0. The van der Waals surface area contributed by atoms with Crippen LogP contribution in [0.15, 0.2) is 22.7 Å². The van der Waals surface area contributed by atoms with Crippen LogP contribution in [0.2, 0.25) is 0 Å². The zero-order valence-electron chi connectivity index (χ0n) is 10.5. The van der Waals surface area contributed by atoms with Crippen molar-refractivity contribution < 1.29 is 9.18 Å². The summed E-state index contributed by atoms with van der Waals surface area (Å²) in [7, 11) is 0. The van der Waals surface area contributed by atoms with Crippen LogP contribution in [0.4, 0.5) is 14.9 Å². The minimum atomic E-state index is -0.327. The first-order chi connectivity index (χ1) is 9.13. The maximum absolute atomic E-state index is 13.0. The predicted molar refractivity (Wildman–Crippen MR) is 75.5 cm³/mol. The third-order valence-corrected chi connectivity index (χ3v) is 4.39. The van der Waals surface area contributed by atoms with Crippen molar-refractivity contribution in [2.24, 2.45) is 11.8 Å². The van der Waals surface area contributed by atoms with Gasteiger partial charge in [0.25, 0.3) is 0 Å². The Morgan fingerprint density at radius 2 is 1.89 bits per heavy atom. The van der Waals surface area contributed by atoms with Gasteiger partial charge < -0.3 is 10.6 Å². The number of nitrogens with one attached hydrogen (secondary N) is 2. The molecule has 0 bridgehead atoms. The molecule has 2 amide bonds. The first-order valence-electron chi connectivity index (χ1n) is 6.66. The van der Waals surface area contributed by atoms with Gasteiger partial charge in [-0.15, -0.1) is 0 Å². The van der Waals surface area contributed by atoms with Crippen LogP contribution in [-0.2, 0) is 0 Å². The number of hydrogen-bond acceptors (Lipinski definition) is 1. The summed E-state index contributed by atoms with van der Waals surface area (Å²) < 4.78 is 13.5. The molecule has 0 aromatic heterocycles. The molecule has 5 heteroatoms. The fourth-order valence-electron chi connectivity index (χ4n) is 2.43. The highest BCUT2D eigenvalue weighted by Gasteiger charge is 2.42. The van der Waals surface area contributed by atoms with Crippen LogP contribution in [0.25, 0.3) is 0 Å². The smallest absolute Gasteiger partial charge is 0.319 e. The first kappa shape index (κ1) is 12.9. The monoisotopic (exact) mass is 326 g/mol. The minimum absolute atomic E-state index is 0.198. The predicted octanol–water partition coefficient (Wildman–Crippen LogP) is 3.90. The molecule has 3 nitrogen and oxygen atoms in total. The van der Waals surface area contributed by atoms with Crippen molar-refractivity contribution in [3.63, 3.8) is 0 Å². The summed E-state index contributed by atoms with van der Waals surface area (Å²) >= 11 is 3.24. The van der Waals surface area contributed by atoms with E-state index < -0.39 is 0 Å². The molecule has 3 rings (SSSR count). The second-order valence-electron chi connectivity index (χ2n) is 5.42. The number of carbonyl (C=O) groups is 1. The standard InChI is InChI=1S/C14H16BrFN2O/c15-11-7-10(16)5-6-12(11)17-14(19)18-13(8-1-2-8)9-3-4-9/h5-9,13H,1-4H2,(H2,17,18,19). The molecule has 0 saturated heterocycles. The SMILES string of the molecule is O=C(Nc1ccc(F)cc1Br)NC(C1CC1)C1CC1. The van der Waals surface area contributed by atoms with Gasteiger partial charge in [-0.2, -0.15) is 0 Å². The van der Waals surface area contributed by atoms with Crippen molar-refractivity contribution in [3.05, 3.63) is 28.5 Å². The number of amides is 2. The van der Waals surface area contributed by atoms with E-state index in [1.807, 2.05) is 0 Å². The second kappa shape index (κ2) is 5.12. The molecule has 1 aromatic rings. The van der Waals surface area contributed by atoms with Gasteiger partial charge in [0, 0.05) is 10.5 Å². The molecule has 102 valence electrons. The van der Waals surface area contributed by atoms with Crippen LogP contribution >= 0.6 is 15.9 Å². The molecular weight excluding hydrogens is 311 g/mol. The lowest BCUT2D eigenvalue weighted by Gasteiger charge is -2.18. The van der Waals surface area contributed by atoms with Crippen LogP contribution in [0, 0.1) is 17.7 Å². The van der Waals surface area contributed by atoms with E-state index in [1.54, 1.807) is 6.07 Å². The molecule has 19 heavy (non-hydrogen) atoms. The topological polar surface area (TPSA) is 41.1 Å². The van der Waals surface area contributed by atoms with Crippen LogP contribution in [0.3, 0.4) is 0 Å². The number of carbonyl (C=O) groups excluding carboxylic acids is 1. The van der Waals surface area contributed by atoms with E-state index in [0.29, 0.717) is 28.0 Å². The molecule has 2 fully saturated rings. The lowest BCUT2D eigenvalue weighted by molar-refractivity contribution is 0.245. The lowest BCUT2D eigenvalue weighted by Crippen LogP contribution is -2.40. The summed E-state index contributed by atoms with van der Waals surface area (Å²) in [5, 5.41) is 5.84. The molecule has 0 unspecified atom stereocenters. The van der Waals surface area contributed by atoms with Gasteiger partial charge in [-0.1, -0.05) is 0 Å². The molecule has 2 N–H and O–H groups in total. The van der Waals surface area contributed by atoms with Crippen molar-refractivity contribution >= 4 is 27.6 Å². The van der Waals surface area contributed by atoms with E-state index >= 15 is 0 Å². The summed E-state index contributed by atoms with van der Waals surface area (Å²) in [6.07, 6.45) is 4.90. The van der Waals surface area contributed by atoms with E-state index in [-0.39, 0.29) is 11.8 Å². The third-order valence-electron chi connectivity index (χ3n) is 3.74. The van der Waals surface area contributed by atoms with Crippen molar-refractivity contribution in [3.8, 4) is 0 Å². The fraction of sp³-hybridized carbons (Fsp3) is 0.500. The Morgan fingerprint density at radius 1 is 1.26 bits per heavy atom. The van der Waals surface area contributed by atoms with Crippen molar-refractivity contribution in [1.29, 1.82) is 0 Å². The first-order valence-corrected chi connectivity index (χ1v) is 7.45. The molecule has 1 aromatic carbocycles.